The van der Waals surface area contributed by atoms with Crippen LogP contribution in [0.25, 0.3) is 0 Å². The van der Waals surface area contributed by atoms with Crippen LogP contribution in [0.5, 0.6) is 0 Å². The lowest BCUT2D eigenvalue weighted by atomic mass is 9.96. The normalized spacial score (nSPS) is 14.9. The third-order valence-electron chi connectivity index (χ3n) is 2.21. The topological polar surface area (TPSA) is 29.1 Å². The molecule has 0 spiro atoms. The summed E-state index contributed by atoms with van der Waals surface area (Å²) in [5.74, 6) is 0.00685. The second-order valence-corrected chi connectivity index (χ2v) is 3.17. The van der Waals surface area contributed by atoms with E-state index >= 15 is 0 Å². The van der Waals surface area contributed by atoms with Crippen LogP contribution in [0.4, 0.5) is 0 Å². The number of carbonyl (C=O) groups excluding carboxylic acids is 1. The highest BCUT2D eigenvalue weighted by atomic mass is 16.1. The van der Waals surface area contributed by atoms with Crippen LogP contribution >= 0.6 is 0 Å². The van der Waals surface area contributed by atoms with Crippen LogP contribution in [0, 0.1) is 5.92 Å². The van der Waals surface area contributed by atoms with Gasteiger partial charge in [0.05, 0.1) is 0 Å². The molecule has 2 atom stereocenters. The second-order valence-electron chi connectivity index (χ2n) is 3.17. The van der Waals surface area contributed by atoms with Crippen molar-refractivity contribution in [1.82, 2.24) is 5.32 Å². The molecule has 0 aliphatic heterocycles. The van der Waals surface area contributed by atoms with Gasteiger partial charge in [0.2, 0.25) is 0 Å². The summed E-state index contributed by atoms with van der Waals surface area (Å²) in [5.41, 5.74) is 1.16. The lowest BCUT2D eigenvalue weighted by Gasteiger charge is -2.19. The Morgan fingerprint density at radius 2 is 1.92 bits per heavy atom. The lowest BCUT2D eigenvalue weighted by Crippen LogP contribution is -2.24. The third kappa shape index (κ3) is 2.39. The van der Waals surface area contributed by atoms with Gasteiger partial charge in [-0.1, -0.05) is 37.3 Å². The van der Waals surface area contributed by atoms with Crippen molar-refractivity contribution in [2.24, 2.45) is 5.92 Å². The molecule has 0 radical (unpaired) electrons. The van der Waals surface area contributed by atoms with Crippen LogP contribution in [0.2, 0.25) is 0 Å². The van der Waals surface area contributed by atoms with E-state index in [0.717, 1.165) is 11.8 Å². The molecular formula is C11H15NO. The van der Waals surface area contributed by atoms with Crippen LogP contribution in [0.1, 0.15) is 18.5 Å². The van der Waals surface area contributed by atoms with Gasteiger partial charge in [0, 0.05) is 12.0 Å². The maximum absolute atomic E-state index is 10.6. The molecule has 2 nitrogen and oxygen atoms in total. The van der Waals surface area contributed by atoms with Gasteiger partial charge in [-0.2, -0.15) is 0 Å². The van der Waals surface area contributed by atoms with E-state index < -0.39 is 0 Å². The van der Waals surface area contributed by atoms with Gasteiger partial charge >= 0.3 is 0 Å². The van der Waals surface area contributed by atoms with Crippen LogP contribution in [-0.2, 0) is 4.79 Å². The van der Waals surface area contributed by atoms with E-state index in [1.807, 2.05) is 44.3 Å². The Bertz CT molecular complexity index is 258. The first-order chi connectivity index (χ1) is 6.29. The fourth-order valence-corrected chi connectivity index (χ4v) is 1.47. The fourth-order valence-electron chi connectivity index (χ4n) is 1.47. The van der Waals surface area contributed by atoms with Crippen LogP contribution in [-0.4, -0.2) is 13.3 Å². The molecule has 1 aromatic carbocycles. The summed E-state index contributed by atoms with van der Waals surface area (Å²) in [4.78, 5) is 10.6. The Morgan fingerprint density at radius 1 is 1.31 bits per heavy atom. The standard InChI is InChI=1S/C11H15NO/c1-9(8-13)11(12-2)10-6-4-3-5-7-10/h3-9,11-12H,1-2H3. The van der Waals surface area contributed by atoms with E-state index in [4.69, 9.17) is 0 Å². The van der Waals surface area contributed by atoms with E-state index in [2.05, 4.69) is 5.32 Å². The molecular weight excluding hydrogens is 162 g/mol. The maximum atomic E-state index is 10.6. The van der Waals surface area contributed by atoms with E-state index in [1.165, 1.54) is 0 Å². The van der Waals surface area contributed by atoms with Crippen molar-refractivity contribution in [2.45, 2.75) is 13.0 Å². The smallest absolute Gasteiger partial charge is 0.124 e. The molecule has 0 fully saturated rings. The molecule has 1 aromatic rings. The summed E-state index contributed by atoms with van der Waals surface area (Å²) < 4.78 is 0. The van der Waals surface area contributed by atoms with Gasteiger partial charge in [-0.05, 0) is 12.6 Å². The van der Waals surface area contributed by atoms with Gasteiger partial charge < -0.3 is 10.1 Å². The van der Waals surface area contributed by atoms with Crippen molar-refractivity contribution in [2.75, 3.05) is 7.05 Å². The first-order valence-electron chi connectivity index (χ1n) is 4.47. The quantitative estimate of drug-likeness (QED) is 0.710. The van der Waals surface area contributed by atoms with Crippen molar-refractivity contribution in [3.05, 3.63) is 35.9 Å². The number of hydrogen-bond donors (Lipinski definition) is 1. The minimum Gasteiger partial charge on any atom is -0.312 e. The molecule has 1 rings (SSSR count). The van der Waals surface area contributed by atoms with Crippen LogP contribution in [0.15, 0.2) is 30.3 Å². The van der Waals surface area contributed by atoms with Gasteiger partial charge in [0.1, 0.15) is 6.29 Å². The Kier molecular flexibility index (Phi) is 3.65. The SMILES string of the molecule is CNC(c1ccccc1)C(C)C=O. The summed E-state index contributed by atoms with van der Waals surface area (Å²) in [6.07, 6.45) is 0.980. The minimum atomic E-state index is 0.00685. The Hall–Kier alpha value is -1.15. The molecule has 0 aromatic heterocycles. The highest BCUT2D eigenvalue weighted by Gasteiger charge is 2.15. The number of aldehydes is 1. The molecule has 0 aliphatic rings. The first-order valence-corrected chi connectivity index (χ1v) is 4.47. The molecule has 70 valence electrons. The fraction of sp³-hybridized carbons (Fsp3) is 0.364. The molecule has 1 N–H and O–H groups in total. The zero-order valence-corrected chi connectivity index (χ0v) is 8.03. The number of carbonyl (C=O) groups is 1. The Labute approximate surface area is 79.0 Å². The zero-order valence-electron chi connectivity index (χ0n) is 8.03. The van der Waals surface area contributed by atoms with Gasteiger partial charge in [0.25, 0.3) is 0 Å². The van der Waals surface area contributed by atoms with Crippen LogP contribution in [0.3, 0.4) is 0 Å². The minimum absolute atomic E-state index is 0.00685. The number of benzene rings is 1. The van der Waals surface area contributed by atoms with Crippen molar-refractivity contribution in [3.63, 3.8) is 0 Å². The predicted molar refractivity (Wildman–Crippen MR) is 53.5 cm³/mol. The molecule has 0 aliphatic carbocycles. The molecule has 0 bridgehead atoms. The summed E-state index contributed by atoms with van der Waals surface area (Å²) in [5, 5.41) is 3.14. The van der Waals surface area contributed by atoms with E-state index in [0.29, 0.717) is 0 Å². The van der Waals surface area contributed by atoms with E-state index in [1.54, 1.807) is 0 Å². The largest absolute Gasteiger partial charge is 0.312 e. The highest BCUT2D eigenvalue weighted by Crippen LogP contribution is 2.19. The molecule has 0 saturated carbocycles. The average Bonchev–Trinajstić information content (AvgIpc) is 2.20. The second kappa shape index (κ2) is 4.77. The van der Waals surface area contributed by atoms with Gasteiger partial charge in [-0.15, -0.1) is 0 Å². The maximum Gasteiger partial charge on any atom is 0.124 e. The van der Waals surface area contributed by atoms with Crippen molar-refractivity contribution >= 4 is 6.29 Å². The summed E-state index contributed by atoms with van der Waals surface area (Å²) in [7, 11) is 1.87. The average molecular weight is 177 g/mol. The van der Waals surface area contributed by atoms with E-state index in [9.17, 15) is 4.79 Å². The first kappa shape index (κ1) is 9.93. The summed E-state index contributed by atoms with van der Waals surface area (Å²) in [6, 6.07) is 10.1. The predicted octanol–water partition coefficient (Wildman–Crippen LogP) is 1.78. The molecule has 0 heterocycles. The molecule has 0 saturated heterocycles. The Balaban J connectivity index is 2.84. The van der Waals surface area contributed by atoms with Gasteiger partial charge in [0.15, 0.2) is 0 Å². The molecule has 13 heavy (non-hydrogen) atoms. The summed E-state index contributed by atoms with van der Waals surface area (Å²) in [6.45, 7) is 1.92. The van der Waals surface area contributed by atoms with Crippen LogP contribution < -0.4 is 5.32 Å². The number of nitrogens with one attached hydrogen (secondary N) is 1. The van der Waals surface area contributed by atoms with E-state index in [-0.39, 0.29) is 12.0 Å². The van der Waals surface area contributed by atoms with Crippen molar-refractivity contribution < 1.29 is 4.79 Å². The number of hydrogen-bond acceptors (Lipinski definition) is 2. The van der Waals surface area contributed by atoms with Crippen molar-refractivity contribution in [3.8, 4) is 0 Å². The zero-order chi connectivity index (χ0) is 9.68. The Morgan fingerprint density at radius 3 is 2.38 bits per heavy atom. The van der Waals surface area contributed by atoms with Crippen molar-refractivity contribution in [1.29, 1.82) is 0 Å². The molecule has 2 heteroatoms. The van der Waals surface area contributed by atoms with Gasteiger partial charge in [-0.25, -0.2) is 0 Å². The lowest BCUT2D eigenvalue weighted by molar-refractivity contribution is -0.111. The van der Waals surface area contributed by atoms with Gasteiger partial charge in [-0.3, -0.25) is 0 Å². The molecule has 2 unspecified atom stereocenters. The highest BCUT2D eigenvalue weighted by molar-refractivity contribution is 5.55. The summed E-state index contributed by atoms with van der Waals surface area (Å²) >= 11 is 0. The number of rotatable bonds is 4. The molecule has 0 amide bonds. The third-order valence-corrected chi connectivity index (χ3v) is 2.21. The monoisotopic (exact) mass is 177 g/mol.